The highest BCUT2D eigenvalue weighted by Crippen LogP contribution is 2.26. The molecule has 0 aliphatic carbocycles. The van der Waals surface area contributed by atoms with Crippen molar-refractivity contribution in [2.24, 2.45) is 0 Å². The summed E-state index contributed by atoms with van der Waals surface area (Å²) in [6.45, 7) is 0. The van der Waals surface area contributed by atoms with Crippen molar-refractivity contribution in [3.05, 3.63) is 40.2 Å². The number of aromatic nitrogens is 2. The molecule has 17 heavy (non-hydrogen) atoms. The molecule has 2 rings (SSSR count). The number of halogens is 2. The number of hydrogen-bond donors (Lipinski definition) is 1. The fourth-order valence-corrected chi connectivity index (χ4v) is 1.92. The standard InChI is InChI=1S/C11H9BrClN3O/c1-17-9-3-7(12)2-8(4-9)15-11-6-14-5-10(13)16-11/h2-6H,1H3,(H,15,16). The summed E-state index contributed by atoms with van der Waals surface area (Å²) in [5.74, 6) is 1.33. The second-order valence-corrected chi connectivity index (χ2v) is 4.53. The number of rotatable bonds is 3. The molecular formula is C11H9BrClN3O. The molecule has 0 spiro atoms. The van der Waals surface area contributed by atoms with Crippen LogP contribution in [-0.2, 0) is 0 Å². The van der Waals surface area contributed by atoms with Gasteiger partial charge in [0.1, 0.15) is 10.9 Å². The molecule has 4 nitrogen and oxygen atoms in total. The van der Waals surface area contributed by atoms with Crippen molar-refractivity contribution in [2.45, 2.75) is 0 Å². The van der Waals surface area contributed by atoms with E-state index in [1.165, 1.54) is 6.20 Å². The Morgan fingerprint density at radius 3 is 2.82 bits per heavy atom. The van der Waals surface area contributed by atoms with Gasteiger partial charge in [0.2, 0.25) is 0 Å². The molecule has 6 heteroatoms. The molecule has 2 aromatic rings. The van der Waals surface area contributed by atoms with Gasteiger partial charge in [-0.3, -0.25) is 4.98 Å². The van der Waals surface area contributed by atoms with Crippen molar-refractivity contribution in [2.75, 3.05) is 12.4 Å². The van der Waals surface area contributed by atoms with Gasteiger partial charge >= 0.3 is 0 Å². The minimum absolute atomic E-state index is 0.344. The van der Waals surface area contributed by atoms with Gasteiger partial charge in [0.25, 0.3) is 0 Å². The molecule has 1 N–H and O–H groups in total. The summed E-state index contributed by atoms with van der Waals surface area (Å²) < 4.78 is 6.08. The number of hydrogen-bond acceptors (Lipinski definition) is 4. The van der Waals surface area contributed by atoms with Crippen molar-refractivity contribution >= 4 is 39.0 Å². The van der Waals surface area contributed by atoms with E-state index in [1.807, 2.05) is 18.2 Å². The van der Waals surface area contributed by atoms with Gasteiger partial charge in [-0.1, -0.05) is 27.5 Å². The molecule has 0 amide bonds. The number of methoxy groups -OCH3 is 1. The quantitative estimate of drug-likeness (QED) is 0.939. The summed E-state index contributed by atoms with van der Waals surface area (Å²) in [7, 11) is 1.62. The third-order valence-electron chi connectivity index (χ3n) is 1.98. The minimum Gasteiger partial charge on any atom is -0.497 e. The Morgan fingerprint density at radius 2 is 2.12 bits per heavy atom. The molecule has 1 aromatic heterocycles. The minimum atomic E-state index is 0.344. The second-order valence-electron chi connectivity index (χ2n) is 3.23. The van der Waals surface area contributed by atoms with Crippen LogP contribution in [0.3, 0.4) is 0 Å². The van der Waals surface area contributed by atoms with Gasteiger partial charge in [0.15, 0.2) is 5.82 Å². The lowest BCUT2D eigenvalue weighted by molar-refractivity contribution is 0.415. The molecular weight excluding hydrogens is 305 g/mol. The van der Waals surface area contributed by atoms with E-state index in [9.17, 15) is 0 Å². The predicted octanol–water partition coefficient (Wildman–Crippen LogP) is 3.64. The van der Waals surface area contributed by atoms with Crippen LogP contribution in [0.25, 0.3) is 0 Å². The van der Waals surface area contributed by atoms with Crippen LogP contribution < -0.4 is 10.1 Å². The Kier molecular flexibility index (Phi) is 3.81. The number of benzene rings is 1. The Labute approximate surface area is 112 Å². The normalized spacial score (nSPS) is 10.1. The highest BCUT2D eigenvalue weighted by molar-refractivity contribution is 9.10. The summed E-state index contributed by atoms with van der Waals surface area (Å²) in [4.78, 5) is 8.03. The zero-order chi connectivity index (χ0) is 12.3. The summed E-state index contributed by atoms with van der Waals surface area (Å²) in [6.07, 6.45) is 3.08. The molecule has 0 fully saturated rings. The van der Waals surface area contributed by atoms with Crippen molar-refractivity contribution in [1.29, 1.82) is 0 Å². The molecule has 88 valence electrons. The highest BCUT2D eigenvalue weighted by atomic mass is 79.9. The summed E-state index contributed by atoms with van der Waals surface area (Å²) >= 11 is 9.15. The average molecular weight is 315 g/mol. The Hall–Kier alpha value is -1.33. The zero-order valence-corrected chi connectivity index (χ0v) is 11.3. The van der Waals surface area contributed by atoms with E-state index in [0.717, 1.165) is 15.9 Å². The van der Waals surface area contributed by atoms with Gasteiger partial charge in [-0.15, -0.1) is 0 Å². The van der Waals surface area contributed by atoms with E-state index < -0.39 is 0 Å². The largest absolute Gasteiger partial charge is 0.497 e. The van der Waals surface area contributed by atoms with Crippen LogP contribution in [0.15, 0.2) is 35.1 Å². The predicted molar refractivity (Wildman–Crippen MR) is 71.0 cm³/mol. The number of ether oxygens (including phenoxy) is 1. The van der Waals surface area contributed by atoms with Crippen LogP contribution in [0.2, 0.25) is 5.15 Å². The third-order valence-corrected chi connectivity index (χ3v) is 2.62. The topological polar surface area (TPSA) is 47.0 Å². The van der Waals surface area contributed by atoms with Crippen LogP contribution >= 0.6 is 27.5 Å². The summed E-state index contributed by atoms with van der Waals surface area (Å²) in [5.41, 5.74) is 0.841. The first kappa shape index (κ1) is 12.1. The maximum absolute atomic E-state index is 5.75. The molecule has 1 heterocycles. The molecule has 0 radical (unpaired) electrons. The molecule has 0 saturated carbocycles. The van der Waals surface area contributed by atoms with Crippen molar-refractivity contribution < 1.29 is 4.74 Å². The van der Waals surface area contributed by atoms with E-state index >= 15 is 0 Å². The van der Waals surface area contributed by atoms with E-state index in [0.29, 0.717) is 11.0 Å². The summed E-state index contributed by atoms with van der Waals surface area (Å²) in [5, 5.41) is 3.44. The lowest BCUT2D eigenvalue weighted by Crippen LogP contribution is -1.95. The van der Waals surface area contributed by atoms with Gasteiger partial charge < -0.3 is 10.1 Å². The van der Waals surface area contributed by atoms with Crippen LogP contribution in [0.1, 0.15) is 0 Å². The first-order valence-corrected chi connectivity index (χ1v) is 5.93. The van der Waals surface area contributed by atoms with E-state index in [1.54, 1.807) is 13.3 Å². The lowest BCUT2D eigenvalue weighted by atomic mass is 10.3. The first-order chi connectivity index (χ1) is 8.17. The van der Waals surface area contributed by atoms with Crippen LogP contribution in [-0.4, -0.2) is 17.1 Å². The third kappa shape index (κ3) is 3.31. The van der Waals surface area contributed by atoms with Crippen molar-refractivity contribution in [3.8, 4) is 5.75 Å². The maximum Gasteiger partial charge on any atom is 0.150 e. The number of anilines is 2. The van der Waals surface area contributed by atoms with E-state index in [-0.39, 0.29) is 0 Å². The Balaban J connectivity index is 2.26. The average Bonchev–Trinajstić information content (AvgIpc) is 2.28. The fourth-order valence-electron chi connectivity index (χ4n) is 1.30. The number of nitrogens with zero attached hydrogens (tertiary/aromatic N) is 2. The van der Waals surface area contributed by atoms with Crippen molar-refractivity contribution in [3.63, 3.8) is 0 Å². The molecule has 1 aromatic carbocycles. The monoisotopic (exact) mass is 313 g/mol. The van der Waals surface area contributed by atoms with Gasteiger partial charge in [0, 0.05) is 16.2 Å². The van der Waals surface area contributed by atoms with Crippen LogP contribution in [0.4, 0.5) is 11.5 Å². The molecule has 0 aliphatic heterocycles. The fraction of sp³-hybridized carbons (Fsp3) is 0.0909. The lowest BCUT2D eigenvalue weighted by Gasteiger charge is -2.08. The van der Waals surface area contributed by atoms with Crippen LogP contribution in [0, 0.1) is 0 Å². The zero-order valence-electron chi connectivity index (χ0n) is 8.95. The molecule has 0 aliphatic rings. The molecule has 0 atom stereocenters. The van der Waals surface area contributed by atoms with Gasteiger partial charge in [-0.2, -0.15) is 0 Å². The second kappa shape index (κ2) is 5.33. The summed E-state index contributed by atoms with van der Waals surface area (Å²) in [6, 6.07) is 5.63. The smallest absolute Gasteiger partial charge is 0.150 e. The Morgan fingerprint density at radius 1 is 1.29 bits per heavy atom. The Bertz CT molecular complexity index is 536. The SMILES string of the molecule is COc1cc(Br)cc(Nc2cncc(Cl)n2)c1. The number of nitrogens with one attached hydrogen (secondary N) is 1. The highest BCUT2D eigenvalue weighted by Gasteiger charge is 2.02. The maximum atomic E-state index is 5.75. The van der Waals surface area contributed by atoms with E-state index in [4.69, 9.17) is 16.3 Å². The molecule has 0 saturated heterocycles. The molecule has 0 bridgehead atoms. The van der Waals surface area contributed by atoms with Crippen molar-refractivity contribution in [1.82, 2.24) is 9.97 Å². The van der Waals surface area contributed by atoms with E-state index in [2.05, 4.69) is 31.2 Å². The first-order valence-electron chi connectivity index (χ1n) is 4.76. The van der Waals surface area contributed by atoms with Gasteiger partial charge in [-0.25, -0.2) is 4.98 Å². The van der Waals surface area contributed by atoms with Crippen LogP contribution in [0.5, 0.6) is 5.75 Å². The van der Waals surface area contributed by atoms with Gasteiger partial charge in [-0.05, 0) is 12.1 Å². The molecule has 0 unspecified atom stereocenters. The van der Waals surface area contributed by atoms with Gasteiger partial charge in [0.05, 0.1) is 19.5 Å².